The van der Waals surface area contributed by atoms with E-state index in [1.54, 1.807) is 12.1 Å². The fourth-order valence-corrected chi connectivity index (χ4v) is 2.53. The molecule has 1 heterocycles. The molecule has 1 aromatic heterocycles. The number of aromatic nitrogens is 2. The highest BCUT2D eigenvalue weighted by molar-refractivity contribution is 7.89. The van der Waals surface area contributed by atoms with Crippen LogP contribution in [0.4, 0.5) is 17.5 Å². The molecule has 0 saturated carbocycles. The smallest absolute Gasteiger partial charge is 0.238 e. The standard InChI is InChI=1S/C15H19BN6O3S/c1-10(23)18-7-2-8-19-14-13(16)9-20-15(22-14)21-11-3-5-12(6-4-11)26(17,24)25/h3-6,9H,2,7-8H2,1H3,(H,18,23)(H2,17,24,25)(H2,19,20,21,22). The molecule has 1 aromatic carbocycles. The number of amides is 1. The van der Waals surface area contributed by atoms with Gasteiger partial charge < -0.3 is 16.0 Å². The molecule has 0 atom stereocenters. The summed E-state index contributed by atoms with van der Waals surface area (Å²) in [5.74, 6) is 0.685. The minimum Gasteiger partial charge on any atom is -0.370 e. The van der Waals surface area contributed by atoms with E-state index in [9.17, 15) is 13.2 Å². The summed E-state index contributed by atoms with van der Waals surface area (Å²) in [6.07, 6.45) is 2.17. The summed E-state index contributed by atoms with van der Waals surface area (Å²) in [5, 5.41) is 13.8. The number of nitrogens with zero attached hydrogens (tertiary/aromatic N) is 2. The Bertz CT molecular complexity index is 873. The number of nitrogens with two attached hydrogens (primary N) is 1. The number of nitrogens with one attached hydrogen (secondary N) is 3. The van der Waals surface area contributed by atoms with Crippen molar-refractivity contribution < 1.29 is 13.2 Å². The normalized spacial score (nSPS) is 11.0. The Morgan fingerprint density at radius 1 is 1.23 bits per heavy atom. The van der Waals surface area contributed by atoms with Crippen molar-refractivity contribution in [2.75, 3.05) is 23.7 Å². The van der Waals surface area contributed by atoms with Crippen LogP contribution in [0.1, 0.15) is 13.3 Å². The molecule has 0 aliphatic rings. The van der Waals surface area contributed by atoms with Crippen LogP contribution in [-0.4, -0.2) is 45.2 Å². The Morgan fingerprint density at radius 3 is 2.54 bits per heavy atom. The molecule has 0 unspecified atom stereocenters. The van der Waals surface area contributed by atoms with Crippen molar-refractivity contribution in [2.24, 2.45) is 5.14 Å². The maximum Gasteiger partial charge on any atom is 0.238 e. The quantitative estimate of drug-likeness (QED) is 0.364. The van der Waals surface area contributed by atoms with E-state index in [-0.39, 0.29) is 10.8 Å². The fraction of sp³-hybridized carbons (Fsp3) is 0.267. The maximum absolute atomic E-state index is 11.3. The molecule has 0 aliphatic heterocycles. The first kappa shape index (κ1) is 19.7. The van der Waals surface area contributed by atoms with Gasteiger partial charge in [-0.3, -0.25) is 4.79 Å². The molecule has 2 aromatic rings. The van der Waals surface area contributed by atoms with Gasteiger partial charge in [-0.1, -0.05) is 0 Å². The van der Waals surface area contributed by atoms with Gasteiger partial charge in [0.15, 0.2) is 0 Å². The van der Waals surface area contributed by atoms with Crippen LogP contribution in [-0.2, 0) is 14.8 Å². The van der Waals surface area contributed by atoms with Gasteiger partial charge in [-0.25, -0.2) is 18.5 Å². The number of anilines is 3. The summed E-state index contributed by atoms with van der Waals surface area (Å²) in [6.45, 7) is 2.59. The number of benzene rings is 1. The zero-order chi connectivity index (χ0) is 19.2. The molecule has 0 bridgehead atoms. The van der Waals surface area contributed by atoms with Crippen molar-refractivity contribution in [1.29, 1.82) is 0 Å². The fourth-order valence-electron chi connectivity index (χ4n) is 2.01. The minimum atomic E-state index is -3.74. The predicted octanol–water partition coefficient (Wildman–Crippen LogP) is -0.401. The predicted molar refractivity (Wildman–Crippen MR) is 100 cm³/mol. The lowest BCUT2D eigenvalue weighted by Crippen LogP contribution is -2.24. The van der Waals surface area contributed by atoms with Gasteiger partial charge in [0.2, 0.25) is 21.9 Å². The first-order valence-electron chi connectivity index (χ1n) is 7.76. The second-order valence-corrected chi connectivity index (χ2v) is 7.02. The topological polar surface area (TPSA) is 139 Å². The Hall–Kier alpha value is -2.66. The molecule has 0 saturated heterocycles. The van der Waals surface area contributed by atoms with Crippen LogP contribution in [0, 0.1) is 0 Å². The average Bonchev–Trinajstić information content (AvgIpc) is 2.56. The van der Waals surface area contributed by atoms with Crippen molar-refractivity contribution in [3.63, 3.8) is 0 Å². The lowest BCUT2D eigenvalue weighted by molar-refractivity contribution is -0.118. The molecule has 136 valence electrons. The van der Waals surface area contributed by atoms with E-state index in [4.69, 9.17) is 13.0 Å². The van der Waals surface area contributed by atoms with E-state index >= 15 is 0 Å². The van der Waals surface area contributed by atoms with E-state index in [2.05, 4.69) is 25.9 Å². The Labute approximate surface area is 153 Å². The summed E-state index contributed by atoms with van der Waals surface area (Å²) in [4.78, 5) is 19.2. The highest BCUT2D eigenvalue weighted by atomic mass is 32.2. The lowest BCUT2D eigenvalue weighted by Gasteiger charge is -2.11. The van der Waals surface area contributed by atoms with Gasteiger partial charge in [-0.15, -0.1) is 0 Å². The van der Waals surface area contributed by atoms with Crippen molar-refractivity contribution >= 4 is 46.7 Å². The number of carbonyl (C=O) groups excluding carboxylic acids is 1. The second-order valence-electron chi connectivity index (χ2n) is 5.46. The summed E-state index contributed by atoms with van der Waals surface area (Å²) >= 11 is 0. The number of hydrogen-bond acceptors (Lipinski definition) is 7. The molecule has 11 heteroatoms. The summed E-state index contributed by atoms with van der Waals surface area (Å²) in [7, 11) is 2.11. The van der Waals surface area contributed by atoms with Crippen molar-refractivity contribution in [3.05, 3.63) is 30.5 Å². The molecule has 0 aliphatic carbocycles. The largest absolute Gasteiger partial charge is 0.370 e. The van der Waals surface area contributed by atoms with Crippen LogP contribution < -0.4 is 26.6 Å². The lowest BCUT2D eigenvalue weighted by atomic mass is 9.99. The zero-order valence-corrected chi connectivity index (χ0v) is 15.0. The van der Waals surface area contributed by atoms with Crippen LogP contribution >= 0.6 is 0 Å². The number of sulfonamides is 1. The average molecular weight is 374 g/mol. The van der Waals surface area contributed by atoms with E-state index in [0.29, 0.717) is 42.4 Å². The number of carbonyl (C=O) groups is 1. The van der Waals surface area contributed by atoms with E-state index in [0.717, 1.165) is 0 Å². The van der Waals surface area contributed by atoms with Crippen LogP contribution in [0.3, 0.4) is 0 Å². The van der Waals surface area contributed by atoms with E-state index in [1.807, 2.05) is 0 Å². The SMILES string of the molecule is [B]c1cnc(Nc2ccc(S(N)(=O)=O)cc2)nc1NCCCNC(C)=O. The summed E-state index contributed by atoms with van der Waals surface area (Å²) in [6, 6.07) is 5.88. The highest BCUT2D eigenvalue weighted by Crippen LogP contribution is 2.16. The molecule has 9 nitrogen and oxygen atoms in total. The van der Waals surface area contributed by atoms with Gasteiger partial charge in [0.05, 0.1) is 4.90 Å². The second kappa shape index (κ2) is 8.63. The molecule has 2 rings (SSSR count). The molecule has 5 N–H and O–H groups in total. The summed E-state index contributed by atoms with van der Waals surface area (Å²) < 4.78 is 22.5. The van der Waals surface area contributed by atoms with Crippen molar-refractivity contribution in [3.8, 4) is 0 Å². The molecule has 1 amide bonds. The third-order valence-corrected chi connectivity index (χ3v) is 4.21. The third kappa shape index (κ3) is 6.01. The molecule has 26 heavy (non-hydrogen) atoms. The van der Waals surface area contributed by atoms with Crippen LogP contribution in [0.15, 0.2) is 35.4 Å². The van der Waals surface area contributed by atoms with Gasteiger partial charge in [-0.05, 0) is 36.1 Å². The third-order valence-electron chi connectivity index (χ3n) is 3.28. The monoisotopic (exact) mass is 374 g/mol. The van der Waals surface area contributed by atoms with E-state index in [1.165, 1.54) is 25.3 Å². The van der Waals surface area contributed by atoms with Crippen LogP contribution in [0.25, 0.3) is 0 Å². The molecule has 0 fully saturated rings. The van der Waals surface area contributed by atoms with Gasteiger partial charge in [0.1, 0.15) is 13.7 Å². The van der Waals surface area contributed by atoms with Gasteiger partial charge >= 0.3 is 0 Å². The Morgan fingerprint density at radius 2 is 1.92 bits per heavy atom. The maximum atomic E-state index is 11.3. The molecular weight excluding hydrogens is 355 g/mol. The van der Waals surface area contributed by atoms with Gasteiger partial charge in [0.25, 0.3) is 0 Å². The minimum absolute atomic E-state index is 0.0165. The molecule has 0 spiro atoms. The Kier molecular flexibility index (Phi) is 6.53. The van der Waals surface area contributed by atoms with Crippen molar-refractivity contribution in [1.82, 2.24) is 15.3 Å². The van der Waals surface area contributed by atoms with Crippen molar-refractivity contribution in [2.45, 2.75) is 18.2 Å². The molecule has 2 radical (unpaired) electrons. The van der Waals surface area contributed by atoms with Crippen LogP contribution in [0.5, 0.6) is 0 Å². The van der Waals surface area contributed by atoms with Gasteiger partial charge in [-0.2, -0.15) is 4.98 Å². The van der Waals surface area contributed by atoms with Gasteiger partial charge in [0, 0.05) is 31.9 Å². The number of primary sulfonamides is 1. The number of hydrogen-bond donors (Lipinski definition) is 4. The first-order valence-corrected chi connectivity index (χ1v) is 9.31. The number of rotatable bonds is 8. The van der Waals surface area contributed by atoms with E-state index < -0.39 is 10.0 Å². The zero-order valence-electron chi connectivity index (χ0n) is 14.2. The van der Waals surface area contributed by atoms with Crippen LogP contribution in [0.2, 0.25) is 0 Å². The summed E-state index contributed by atoms with van der Waals surface area (Å²) in [5.41, 5.74) is 0.985. The first-order chi connectivity index (χ1) is 12.3. The Balaban J connectivity index is 1.99. The highest BCUT2D eigenvalue weighted by Gasteiger charge is 2.08. The molecular formula is C15H19BN6O3S.